The largest absolute Gasteiger partial charge is 0.507 e. The first-order valence-corrected chi connectivity index (χ1v) is 25.4. The Kier molecular flexibility index (Phi) is 10.8. The van der Waals surface area contributed by atoms with Crippen molar-refractivity contribution < 1.29 is 42.6 Å². The van der Waals surface area contributed by atoms with Crippen molar-refractivity contribution in [1.82, 2.24) is 14.5 Å². The molecule has 76 heavy (non-hydrogen) atoms. The van der Waals surface area contributed by atoms with Crippen molar-refractivity contribution in [2.45, 2.75) is 111 Å². The number of rotatable bonds is 8. The zero-order valence-corrected chi connectivity index (χ0v) is 46.7. The maximum absolute atomic E-state index is 12.9. The van der Waals surface area contributed by atoms with Crippen LogP contribution in [0.4, 0.5) is 0 Å². The molecule has 10 aromatic rings. The second kappa shape index (κ2) is 20.4. The fourth-order valence-electron chi connectivity index (χ4n) is 9.88. The van der Waals surface area contributed by atoms with Gasteiger partial charge in [-0.05, 0) is 114 Å². The first-order chi connectivity index (χ1) is 40.5. The molecular weight excluding hydrogens is 1110 g/mol. The summed E-state index contributed by atoms with van der Waals surface area (Å²) in [4.78, 5) is 10.5. The van der Waals surface area contributed by atoms with E-state index in [9.17, 15) is 5.11 Å². The number of fused-ring (bicyclic) bond motifs is 1. The molecule has 386 valence electrons. The molecule has 10 rings (SSSR count). The van der Waals surface area contributed by atoms with E-state index >= 15 is 0 Å². The standard InChI is InChI=1S/C71H70N3O.Pt/c1-45-37-64(59(44-58(45)48-23-18-15-19-24-48)49-29-33-55(34-30-49)69(5,6)7)74-63-26-20-25-57(65(63)73-67(74)60-42-56(70(8,9)10)43-61(66(60)75)71(11,12)13)52-38-51(46-21-16-14-17-22-46)39-53(40-52)62-41-50(35-36-72-62)47-27-31-54(32-28-47)68(2,3)4;/h14-39,41-44,75H,1-13H3;/q-1;/i1D3,2D3,3D3,4D3;. The van der Waals surface area contributed by atoms with Gasteiger partial charge < -0.3 is 5.11 Å². The van der Waals surface area contributed by atoms with E-state index in [1.807, 2.05) is 114 Å². The summed E-state index contributed by atoms with van der Waals surface area (Å²) in [6.45, 7) is 6.26. The van der Waals surface area contributed by atoms with Crippen molar-refractivity contribution in [3.05, 3.63) is 216 Å². The molecule has 0 spiro atoms. The van der Waals surface area contributed by atoms with Gasteiger partial charge in [0.1, 0.15) is 11.6 Å². The summed E-state index contributed by atoms with van der Waals surface area (Å²) in [7, 11) is 0. The third-order valence-corrected chi connectivity index (χ3v) is 14.2. The summed E-state index contributed by atoms with van der Waals surface area (Å²) < 4.78 is 104. The van der Waals surface area contributed by atoms with Gasteiger partial charge in [-0.1, -0.05) is 233 Å². The molecule has 0 radical (unpaired) electrons. The predicted molar refractivity (Wildman–Crippen MR) is 317 cm³/mol. The molecule has 2 aromatic heterocycles. The van der Waals surface area contributed by atoms with Crippen molar-refractivity contribution >= 4 is 11.0 Å². The van der Waals surface area contributed by atoms with Crippen LogP contribution in [0.5, 0.6) is 5.75 Å². The second-order valence-corrected chi connectivity index (χ2v) is 22.8. The second-order valence-electron chi connectivity index (χ2n) is 22.8. The van der Waals surface area contributed by atoms with Crippen LogP contribution in [0.2, 0.25) is 0 Å². The van der Waals surface area contributed by atoms with Crippen LogP contribution in [-0.2, 0) is 42.7 Å². The predicted octanol–water partition coefficient (Wildman–Crippen LogP) is 19.1. The summed E-state index contributed by atoms with van der Waals surface area (Å²) in [5.74, 6) is 0.435. The molecule has 5 heteroatoms. The number of para-hydroxylation sites is 1. The van der Waals surface area contributed by atoms with E-state index in [1.165, 1.54) is 24.3 Å². The molecule has 0 aliphatic carbocycles. The number of hydrogen-bond acceptors (Lipinski definition) is 3. The number of benzene rings is 8. The number of aromatic nitrogens is 3. The van der Waals surface area contributed by atoms with Crippen molar-refractivity contribution in [3.63, 3.8) is 0 Å². The van der Waals surface area contributed by atoms with Gasteiger partial charge in [-0.2, -0.15) is 0 Å². The van der Waals surface area contributed by atoms with Crippen molar-refractivity contribution in [1.29, 1.82) is 0 Å². The van der Waals surface area contributed by atoms with Crippen LogP contribution in [0, 0.1) is 12.9 Å². The Bertz CT molecular complexity index is 4170. The number of aryl methyl sites for hydroxylation is 1. The van der Waals surface area contributed by atoms with Gasteiger partial charge in [0.15, 0.2) is 0 Å². The molecule has 0 unspecified atom stereocenters. The van der Waals surface area contributed by atoms with E-state index in [1.54, 1.807) is 18.3 Å². The van der Waals surface area contributed by atoms with Crippen LogP contribution in [0.3, 0.4) is 0 Å². The maximum atomic E-state index is 12.9. The Morgan fingerprint density at radius 2 is 1.07 bits per heavy atom. The number of pyridine rings is 1. The van der Waals surface area contributed by atoms with Crippen LogP contribution >= 0.6 is 0 Å². The number of nitrogens with zero attached hydrogens (tertiary/aromatic N) is 3. The zero-order chi connectivity index (χ0) is 63.2. The Balaban J connectivity index is 0.00000922. The minimum absolute atomic E-state index is 0. The Morgan fingerprint density at radius 1 is 0.474 bits per heavy atom. The van der Waals surface area contributed by atoms with Gasteiger partial charge in [0.2, 0.25) is 0 Å². The Hall–Kier alpha value is -7.13. The summed E-state index contributed by atoms with van der Waals surface area (Å²) in [6, 6.07) is 58.4. The number of phenols is 1. The monoisotopic (exact) mass is 1190 g/mol. The summed E-state index contributed by atoms with van der Waals surface area (Å²) in [5, 5.41) is 12.9. The normalized spacial score (nSPS) is 15.2. The van der Waals surface area contributed by atoms with Gasteiger partial charge in [-0.3, -0.25) is 9.55 Å². The van der Waals surface area contributed by atoms with E-state index in [0.717, 1.165) is 44.5 Å². The number of imidazole rings is 1. The van der Waals surface area contributed by atoms with Crippen molar-refractivity contribution in [2.24, 2.45) is 0 Å². The van der Waals surface area contributed by atoms with E-state index in [4.69, 9.17) is 26.4 Å². The molecule has 4 nitrogen and oxygen atoms in total. The molecule has 1 N–H and O–H groups in total. The zero-order valence-electron chi connectivity index (χ0n) is 56.4. The molecule has 0 amide bonds. The average Bonchev–Trinajstić information content (AvgIpc) is 0.952. The molecule has 8 aromatic carbocycles. The SMILES string of the molecule is [2H]C([2H])([2H])c1cc(-n2c(-c3cc(C(C)(C)C)cc(C(C)(C)C)c3O)nc3c(-c4[c-]c(-c5cc(-c6ccc(C(C([2H])([2H])[2H])(C([2H])([2H])[2H])C([2H])([2H])[2H])cc6)ccn5)cc(-c5ccccc5)c4)cccc32)c(-c2ccc(C(C)(C)C)cc2)cc1-c1ccccc1.[Pt]. The van der Waals surface area contributed by atoms with E-state index < -0.39 is 38.2 Å². The van der Waals surface area contributed by atoms with Crippen LogP contribution in [0.1, 0.15) is 127 Å². The molecule has 0 aliphatic heterocycles. The molecule has 0 bridgehead atoms. The quantitative estimate of drug-likeness (QED) is 0.154. The number of phenolic OH excluding ortho intramolecular Hbond substituents is 1. The Labute approximate surface area is 483 Å². The van der Waals surface area contributed by atoms with Gasteiger partial charge >= 0.3 is 0 Å². The topological polar surface area (TPSA) is 50.9 Å². The van der Waals surface area contributed by atoms with Gasteiger partial charge in [0.25, 0.3) is 0 Å². The summed E-state index contributed by atoms with van der Waals surface area (Å²) >= 11 is 0. The van der Waals surface area contributed by atoms with Gasteiger partial charge in [-0.25, -0.2) is 4.98 Å². The average molecular weight is 1190 g/mol. The number of aromatic hydroxyl groups is 1. The van der Waals surface area contributed by atoms with E-state index in [2.05, 4.69) is 98.7 Å². The van der Waals surface area contributed by atoms with Crippen molar-refractivity contribution in [3.8, 4) is 89.7 Å². The van der Waals surface area contributed by atoms with Crippen LogP contribution in [-0.4, -0.2) is 19.6 Å². The third kappa shape index (κ3) is 10.7. The molecule has 0 saturated heterocycles. The van der Waals surface area contributed by atoms with Gasteiger partial charge in [0, 0.05) is 60.5 Å². The molecule has 0 fully saturated rings. The third-order valence-electron chi connectivity index (χ3n) is 14.2. The summed E-state index contributed by atoms with van der Waals surface area (Å²) in [5.41, 5.74) is 8.77. The van der Waals surface area contributed by atoms with Crippen LogP contribution < -0.4 is 0 Å². The van der Waals surface area contributed by atoms with Gasteiger partial charge in [0.05, 0.1) is 22.3 Å². The van der Waals surface area contributed by atoms with Crippen molar-refractivity contribution in [2.75, 3.05) is 0 Å². The summed E-state index contributed by atoms with van der Waals surface area (Å²) in [6.07, 6.45) is 1.63. The molecule has 2 heterocycles. The first-order valence-electron chi connectivity index (χ1n) is 31.4. The molecular formula is C71H70N3OPt-. The minimum Gasteiger partial charge on any atom is -0.507 e. The fourth-order valence-corrected chi connectivity index (χ4v) is 9.88. The van der Waals surface area contributed by atoms with E-state index in [0.29, 0.717) is 67.2 Å². The first kappa shape index (κ1) is 40.2. The fraction of sp³-hybridized carbons (Fsp3) is 0.239. The smallest absolute Gasteiger partial charge is 0.148 e. The molecule has 0 atom stereocenters. The van der Waals surface area contributed by atoms with Crippen LogP contribution in [0.25, 0.3) is 95.0 Å². The Morgan fingerprint density at radius 3 is 1.68 bits per heavy atom. The van der Waals surface area contributed by atoms with Crippen LogP contribution in [0.15, 0.2) is 182 Å². The van der Waals surface area contributed by atoms with E-state index in [-0.39, 0.29) is 48.8 Å². The molecule has 0 aliphatic rings. The maximum Gasteiger partial charge on any atom is 0.148 e. The minimum atomic E-state index is -3.41. The van der Waals surface area contributed by atoms with Gasteiger partial charge in [-0.15, -0.1) is 23.8 Å². The molecule has 0 saturated carbocycles. The number of hydrogen-bond donors (Lipinski definition) is 1.